The van der Waals surface area contributed by atoms with Crippen LogP contribution in [-0.4, -0.2) is 51.3 Å². The zero-order chi connectivity index (χ0) is 28.1. The Hall–Kier alpha value is -3.84. The van der Waals surface area contributed by atoms with Gasteiger partial charge in [0.1, 0.15) is 0 Å². The standard InChI is InChI=1S/C33H38N2O5/c1-4-40-33(37)24-14-12-23(13-15-24)25-7-5-8-27(20-25)35(29(19-22-10-11-22)28-9-6-18-34-28)32(36)26-16-17-30(38-2)31(21-26)39-3/h5,7-8,12-17,20-22,28-29,34H,4,6,9-11,18-19H2,1-3H3. The Kier molecular flexibility index (Phi) is 8.70. The van der Waals surface area contributed by atoms with Gasteiger partial charge in [0, 0.05) is 17.3 Å². The van der Waals surface area contributed by atoms with Crippen LogP contribution in [0.25, 0.3) is 11.1 Å². The van der Waals surface area contributed by atoms with E-state index in [1.165, 1.54) is 12.8 Å². The van der Waals surface area contributed by atoms with Crippen LogP contribution in [0.3, 0.4) is 0 Å². The fourth-order valence-corrected chi connectivity index (χ4v) is 5.60. The molecule has 0 radical (unpaired) electrons. The molecule has 1 saturated heterocycles. The van der Waals surface area contributed by atoms with Gasteiger partial charge in [0.25, 0.3) is 5.91 Å². The van der Waals surface area contributed by atoms with Gasteiger partial charge < -0.3 is 24.4 Å². The number of rotatable bonds is 11. The molecule has 0 spiro atoms. The van der Waals surface area contributed by atoms with Gasteiger partial charge in [-0.1, -0.05) is 37.1 Å². The number of hydrogen-bond acceptors (Lipinski definition) is 6. The molecule has 1 aliphatic carbocycles. The Bertz CT molecular complexity index is 1330. The van der Waals surface area contributed by atoms with E-state index in [2.05, 4.69) is 11.4 Å². The highest BCUT2D eigenvalue weighted by Crippen LogP contribution is 2.39. The van der Waals surface area contributed by atoms with Crippen molar-refractivity contribution in [1.29, 1.82) is 0 Å². The van der Waals surface area contributed by atoms with Crippen molar-refractivity contribution in [3.63, 3.8) is 0 Å². The van der Waals surface area contributed by atoms with E-state index in [-0.39, 0.29) is 24.0 Å². The molecule has 7 heteroatoms. The van der Waals surface area contributed by atoms with Crippen LogP contribution < -0.4 is 19.7 Å². The van der Waals surface area contributed by atoms with Gasteiger partial charge in [0.05, 0.1) is 32.4 Å². The maximum Gasteiger partial charge on any atom is 0.338 e. The molecule has 2 aliphatic rings. The van der Waals surface area contributed by atoms with Crippen molar-refractivity contribution in [2.45, 2.75) is 51.1 Å². The van der Waals surface area contributed by atoms with E-state index in [1.54, 1.807) is 45.4 Å². The molecular weight excluding hydrogens is 504 g/mol. The molecule has 3 aromatic carbocycles. The Balaban J connectivity index is 1.54. The largest absolute Gasteiger partial charge is 0.493 e. The molecule has 5 rings (SSSR count). The van der Waals surface area contributed by atoms with Crippen LogP contribution in [0, 0.1) is 5.92 Å². The lowest BCUT2D eigenvalue weighted by atomic mass is 9.95. The molecule has 40 heavy (non-hydrogen) atoms. The van der Waals surface area contributed by atoms with Gasteiger partial charge in [-0.05, 0) is 92.2 Å². The average Bonchev–Trinajstić information content (AvgIpc) is 3.65. The SMILES string of the molecule is CCOC(=O)c1ccc(-c2cccc(N(C(=O)c3ccc(OC)c(OC)c3)C(CC3CC3)C3CCCN3)c2)cc1. The smallest absolute Gasteiger partial charge is 0.338 e. The van der Waals surface area contributed by atoms with Crippen molar-refractivity contribution in [2.75, 3.05) is 32.3 Å². The Morgan fingerprint density at radius 2 is 1.65 bits per heavy atom. The minimum Gasteiger partial charge on any atom is -0.493 e. The Morgan fingerprint density at radius 1 is 0.900 bits per heavy atom. The van der Waals surface area contributed by atoms with Crippen LogP contribution in [0.5, 0.6) is 11.5 Å². The third-order valence-corrected chi connectivity index (χ3v) is 7.87. The second kappa shape index (κ2) is 12.6. The maximum absolute atomic E-state index is 14.4. The minimum absolute atomic E-state index is 0.0250. The van der Waals surface area contributed by atoms with Crippen molar-refractivity contribution in [3.8, 4) is 22.6 Å². The molecule has 1 amide bonds. The van der Waals surface area contributed by atoms with Crippen LogP contribution in [0.1, 0.15) is 59.7 Å². The summed E-state index contributed by atoms with van der Waals surface area (Å²) in [6, 6.07) is 21.2. The van der Waals surface area contributed by atoms with Crippen molar-refractivity contribution < 1.29 is 23.8 Å². The monoisotopic (exact) mass is 542 g/mol. The van der Waals surface area contributed by atoms with Gasteiger partial charge >= 0.3 is 5.97 Å². The molecule has 2 unspecified atom stereocenters. The fourth-order valence-electron chi connectivity index (χ4n) is 5.60. The first-order chi connectivity index (χ1) is 19.5. The number of carbonyl (C=O) groups is 2. The van der Waals surface area contributed by atoms with E-state index >= 15 is 0 Å². The predicted molar refractivity (Wildman–Crippen MR) is 156 cm³/mol. The number of anilines is 1. The summed E-state index contributed by atoms with van der Waals surface area (Å²) in [4.78, 5) is 28.5. The van der Waals surface area contributed by atoms with E-state index in [0.29, 0.717) is 35.2 Å². The molecule has 1 heterocycles. The minimum atomic E-state index is -0.332. The normalized spacial score (nSPS) is 17.2. The van der Waals surface area contributed by atoms with Gasteiger partial charge in [-0.25, -0.2) is 4.79 Å². The first-order valence-corrected chi connectivity index (χ1v) is 14.2. The molecule has 2 fully saturated rings. The highest BCUT2D eigenvalue weighted by Gasteiger charge is 2.38. The van der Waals surface area contributed by atoms with Gasteiger partial charge in [-0.2, -0.15) is 0 Å². The molecule has 1 aliphatic heterocycles. The van der Waals surface area contributed by atoms with Crippen molar-refractivity contribution in [1.82, 2.24) is 5.32 Å². The van der Waals surface area contributed by atoms with Gasteiger partial charge in [-0.3, -0.25) is 4.79 Å². The number of amides is 1. The maximum atomic E-state index is 14.4. The molecule has 1 saturated carbocycles. The molecule has 1 N–H and O–H groups in total. The number of methoxy groups -OCH3 is 2. The van der Waals surface area contributed by atoms with Gasteiger partial charge in [0.2, 0.25) is 0 Å². The second-order valence-corrected chi connectivity index (χ2v) is 10.5. The number of ether oxygens (including phenoxy) is 3. The number of carbonyl (C=O) groups excluding carboxylic acids is 2. The van der Waals surface area contributed by atoms with Crippen molar-refractivity contribution in [3.05, 3.63) is 77.9 Å². The van der Waals surface area contributed by atoms with E-state index in [0.717, 1.165) is 42.6 Å². The van der Waals surface area contributed by atoms with Gasteiger partial charge in [0.15, 0.2) is 11.5 Å². The van der Waals surface area contributed by atoms with E-state index in [9.17, 15) is 9.59 Å². The number of nitrogens with zero attached hydrogens (tertiary/aromatic N) is 1. The fraction of sp³-hybridized carbons (Fsp3) is 0.394. The predicted octanol–water partition coefficient (Wildman–Crippen LogP) is 6.12. The van der Waals surface area contributed by atoms with Crippen LogP contribution in [-0.2, 0) is 4.74 Å². The van der Waals surface area contributed by atoms with Crippen molar-refractivity contribution in [2.24, 2.45) is 5.92 Å². The number of benzene rings is 3. The summed E-state index contributed by atoms with van der Waals surface area (Å²) < 4.78 is 16.1. The molecule has 7 nitrogen and oxygen atoms in total. The van der Waals surface area contributed by atoms with Crippen molar-refractivity contribution >= 4 is 17.6 Å². The zero-order valence-corrected chi connectivity index (χ0v) is 23.5. The van der Waals surface area contributed by atoms with Gasteiger partial charge in [-0.15, -0.1) is 0 Å². The zero-order valence-electron chi connectivity index (χ0n) is 23.5. The summed E-state index contributed by atoms with van der Waals surface area (Å²) in [5, 5.41) is 3.68. The number of esters is 1. The second-order valence-electron chi connectivity index (χ2n) is 10.5. The lowest BCUT2D eigenvalue weighted by Gasteiger charge is -2.36. The molecular formula is C33H38N2O5. The molecule has 2 atom stereocenters. The average molecular weight is 543 g/mol. The summed E-state index contributed by atoms with van der Waals surface area (Å²) in [6.45, 7) is 3.10. The summed E-state index contributed by atoms with van der Waals surface area (Å²) in [5.41, 5.74) is 3.87. The molecule has 0 bridgehead atoms. The first-order valence-electron chi connectivity index (χ1n) is 14.2. The molecule has 3 aromatic rings. The Morgan fingerprint density at radius 3 is 2.30 bits per heavy atom. The highest BCUT2D eigenvalue weighted by molar-refractivity contribution is 6.07. The third kappa shape index (κ3) is 6.15. The highest BCUT2D eigenvalue weighted by atomic mass is 16.5. The summed E-state index contributed by atoms with van der Waals surface area (Å²) in [6.07, 6.45) is 5.55. The number of nitrogens with one attached hydrogen (secondary N) is 1. The van der Waals surface area contributed by atoms with E-state index in [4.69, 9.17) is 14.2 Å². The van der Waals surface area contributed by atoms with Crippen LogP contribution in [0.2, 0.25) is 0 Å². The van der Waals surface area contributed by atoms with E-state index in [1.807, 2.05) is 41.3 Å². The molecule has 210 valence electrons. The summed E-state index contributed by atoms with van der Waals surface area (Å²) in [7, 11) is 3.17. The molecule has 0 aromatic heterocycles. The first kappa shape index (κ1) is 27.7. The number of hydrogen-bond donors (Lipinski definition) is 1. The quantitative estimate of drug-likeness (QED) is 0.295. The van der Waals surface area contributed by atoms with Crippen LogP contribution >= 0.6 is 0 Å². The van der Waals surface area contributed by atoms with Crippen LogP contribution in [0.15, 0.2) is 66.7 Å². The third-order valence-electron chi connectivity index (χ3n) is 7.87. The lowest BCUT2D eigenvalue weighted by Crippen LogP contribution is -2.51. The topological polar surface area (TPSA) is 77.1 Å². The van der Waals surface area contributed by atoms with Crippen LogP contribution in [0.4, 0.5) is 5.69 Å². The van der Waals surface area contributed by atoms with E-state index < -0.39 is 0 Å². The summed E-state index contributed by atoms with van der Waals surface area (Å²) >= 11 is 0. The lowest BCUT2D eigenvalue weighted by molar-refractivity contribution is 0.0526. The summed E-state index contributed by atoms with van der Waals surface area (Å²) in [5.74, 6) is 1.37. The Labute approximate surface area is 236 Å².